The summed E-state index contributed by atoms with van der Waals surface area (Å²) in [5.41, 5.74) is 1.33. The van der Waals surface area contributed by atoms with Crippen molar-refractivity contribution in [3.05, 3.63) is 29.8 Å². The average Bonchev–Trinajstić information content (AvgIpc) is 2.91. The summed E-state index contributed by atoms with van der Waals surface area (Å²) in [5, 5.41) is 2.68. The molecule has 0 aliphatic carbocycles. The lowest BCUT2D eigenvalue weighted by atomic mass is 10.0. The molecule has 228 valence electrons. The zero-order valence-electron chi connectivity index (χ0n) is 25.0. The highest BCUT2D eigenvalue weighted by atomic mass is 16.5. The van der Waals surface area contributed by atoms with E-state index in [1.807, 2.05) is 6.92 Å². The molecular weight excluding hydrogens is 530 g/mol. The van der Waals surface area contributed by atoms with Gasteiger partial charge in [-0.05, 0) is 44.4 Å². The van der Waals surface area contributed by atoms with Crippen molar-refractivity contribution in [1.82, 2.24) is 10.2 Å². The van der Waals surface area contributed by atoms with Gasteiger partial charge in [-0.1, -0.05) is 25.5 Å². The number of alkyl carbamates (subject to hydrolysis) is 1. The monoisotopic (exact) mass is 575 g/mol. The number of ether oxygens (including phenoxy) is 2. The molecule has 3 amide bonds. The molecule has 0 aliphatic heterocycles. The van der Waals surface area contributed by atoms with Crippen LogP contribution in [-0.2, 0) is 39.9 Å². The molecule has 0 bridgehead atoms. The van der Waals surface area contributed by atoms with Crippen molar-refractivity contribution >= 4 is 40.9 Å². The second-order valence-corrected chi connectivity index (χ2v) is 10.2. The number of ketones is 3. The number of anilines is 1. The van der Waals surface area contributed by atoms with E-state index in [0.29, 0.717) is 31.8 Å². The number of nitrogens with one attached hydrogen (secondary N) is 1. The van der Waals surface area contributed by atoms with E-state index in [1.165, 1.54) is 16.7 Å². The zero-order valence-corrected chi connectivity index (χ0v) is 25.0. The lowest BCUT2D eigenvalue weighted by molar-refractivity contribution is -0.135. The Morgan fingerprint density at radius 2 is 1.54 bits per heavy atom. The Labute approximate surface area is 242 Å². The molecule has 1 rings (SSSR count). The minimum atomic E-state index is -0.486. The minimum Gasteiger partial charge on any atom is -0.449 e. The van der Waals surface area contributed by atoms with Crippen molar-refractivity contribution < 1.29 is 38.2 Å². The summed E-state index contributed by atoms with van der Waals surface area (Å²) in [5.74, 6) is -0.828. The highest BCUT2D eigenvalue weighted by Crippen LogP contribution is 2.16. The van der Waals surface area contributed by atoms with Crippen molar-refractivity contribution in [2.24, 2.45) is 5.92 Å². The quantitative estimate of drug-likeness (QED) is 0.185. The molecule has 1 N–H and O–H groups in total. The number of unbranched alkanes of at least 4 members (excludes halogenated alkanes) is 1. The van der Waals surface area contributed by atoms with Crippen LogP contribution in [0.4, 0.5) is 10.5 Å². The van der Waals surface area contributed by atoms with Gasteiger partial charge in [0.05, 0.1) is 19.6 Å². The van der Waals surface area contributed by atoms with Gasteiger partial charge in [0.2, 0.25) is 11.8 Å². The van der Waals surface area contributed by atoms with Crippen molar-refractivity contribution in [1.29, 1.82) is 0 Å². The van der Waals surface area contributed by atoms with Gasteiger partial charge in [-0.2, -0.15) is 0 Å². The summed E-state index contributed by atoms with van der Waals surface area (Å²) in [6, 6.07) is 6.84. The first kappa shape index (κ1) is 35.4. The zero-order chi connectivity index (χ0) is 30.8. The lowest BCUT2D eigenvalue weighted by Crippen LogP contribution is -2.36. The second-order valence-electron chi connectivity index (χ2n) is 10.2. The van der Waals surface area contributed by atoms with Gasteiger partial charge in [0.1, 0.15) is 23.8 Å². The van der Waals surface area contributed by atoms with Crippen molar-refractivity contribution in [2.45, 2.75) is 65.7 Å². The second kappa shape index (κ2) is 19.5. The fourth-order valence-corrected chi connectivity index (χ4v) is 3.71. The standard InChI is InChI=1S/C30H45N3O8/c1-22(24(3)35)9-6-7-14-31-30(39)41-17-8-16-40-18-15-32(4)28(37)21-29(38)33(5)26-12-10-25(11-13-26)20-27(36)19-23(2)34/h10-13,22H,6-9,14-21H2,1-5H3,(H,31,39). The minimum absolute atomic E-state index is 0.0462. The number of carbonyl (C=O) groups is 6. The van der Waals surface area contributed by atoms with Crippen LogP contribution in [0.2, 0.25) is 0 Å². The number of Topliss-reactive ketones (excluding diaryl/α,β-unsaturated/α-hetero) is 3. The van der Waals surface area contributed by atoms with E-state index in [9.17, 15) is 28.8 Å². The van der Waals surface area contributed by atoms with Crippen molar-refractivity contribution in [3.8, 4) is 0 Å². The fourth-order valence-electron chi connectivity index (χ4n) is 3.71. The molecule has 0 fully saturated rings. The molecule has 0 radical (unpaired) electrons. The van der Waals surface area contributed by atoms with Crippen LogP contribution in [0.15, 0.2) is 24.3 Å². The molecule has 11 nitrogen and oxygen atoms in total. The highest BCUT2D eigenvalue weighted by Gasteiger charge is 2.18. The third kappa shape index (κ3) is 15.7. The van der Waals surface area contributed by atoms with Crippen LogP contribution >= 0.6 is 0 Å². The first-order valence-corrected chi connectivity index (χ1v) is 14.0. The topological polar surface area (TPSA) is 139 Å². The first-order chi connectivity index (χ1) is 19.4. The van der Waals surface area contributed by atoms with E-state index in [-0.39, 0.29) is 67.6 Å². The van der Waals surface area contributed by atoms with Crippen LogP contribution in [0, 0.1) is 5.92 Å². The Hall–Kier alpha value is -3.60. The predicted octanol–water partition coefficient (Wildman–Crippen LogP) is 3.12. The van der Waals surface area contributed by atoms with Crippen LogP contribution in [-0.4, -0.2) is 87.2 Å². The third-order valence-electron chi connectivity index (χ3n) is 6.54. The molecule has 0 saturated heterocycles. The smallest absolute Gasteiger partial charge is 0.407 e. The van der Waals surface area contributed by atoms with Gasteiger partial charge in [-0.15, -0.1) is 0 Å². The van der Waals surface area contributed by atoms with Crippen LogP contribution < -0.4 is 10.2 Å². The maximum absolute atomic E-state index is 12.6. The number of carbonyl (C=O) groups excluding carboxylic acids is 6. The van der Waals surface area contributed by atoms with Gasteiger partial charge < -0.3 is 24.6 Å². The number of amides is 3. The summed E-state index contributed by atoms with van der Waals surface area (Å²) in [6.07, 6.45) is 2.22. The van der Waals surface area contributed by atoms with Gasteiger partial charge in [0, 0.05) is 58.2 Å². The van der Waals surface area contributed by atoms with E-state index in [1.54, 1.807) is 45.3 Å². The molecule has 41 heavy (non-hydrogen) atoms. The lowest BCUT2D eigenvalue weighted by Gasteiger charge is -2.21. The van der Waals surface area contributed by atoms with Gasteiger partial charge in [0.25, 0.3) is 0 Å². The Morgan fingerprint density at radius 3 is 2.17 bits per heavy atom. The van der Waals surface area contributed by atoms with Crippen LogP contribution in [0.25, 0.3) is 0 Å². The maximum Gasteiger partial charge on any atom is 0.407 e. The Kier molecular flexibility index (Phi) is 16.8. The van der Waals surface area contributed by atoms with Gasteiger partial charge >= 0.3 is 6.09 Å². The summed E-state index contributed by atoms with van der Waals surface area (Å²) < 4.78 is 10.6. The highest BCUT2D eigenvalue weighted by molar-refractivity contribution is 6.04. The summed E-state index contributed by atoms with van der Waals surface area (Å²) in [7, 11) is 3.17. The number of rotatable bonds is 20. The Bertz CT molecular complexity index is 1030. The largest absolute Gasteiger partial charge is 0.449 e. The van der Waals surface area contributed by atoms with Crippen molar-refractivity contribution in [3.63, 3.8) is 0 Å². The summed E-state index contributed by atoms with van der Waals surface area (Å²) in [6.45, 7) is 6.51. The SMILES string of the molecule is CC(=O)CC(=O)Cc1ccc(N(C)C(=O)CC(=O)N(C)CCOCCCOC(=O)NCCCCC(C)C(C)=O)cc1. The first-order valence-electron chi connectivity index (χ1n) is 14.0. The molecule has 1 aromatic rings. The molecule has 0 aromatic heterocycles. The Morgan fingerprint density at radius 1 is 0.854 bits per heavy atom. The molecule has 11 heteroatoms. The van der Waals surface area contributed by atoms with E-state index in [2.05, 4.69) is 5.32 Å². The molecule has 0 aliphatic rings. The van der Waals surface area contributed by atoms with Crippen LogP contribution in [0.5, 0.6) is 0 Å². The van der Waals surface area contributed by atoms with Crippen molar-refractivity contribution in [2.75, 3.05) is 51.9 Å². The molecule has 1 unspecified atom stereocenters. The Balaban J connectivity index is 2.19. The molecule has 0 spiro atoms. The normalized spacial score (nSPS) is 11.3. The molecule has 0 saturated carbocycles. The number of nitrogens with zero attached hydrogens (tertiary/aromatic N) is 2. The fraction of sp³-hybridized carbons (Fsp3) is 0.600. The van der Waals surface area contributed by atoms with Gasteiger partial charge in [-0.25, -0.2) is 4.79 Å². The van der Waals surface area contributed by atoms with Crippen LogP contribution in [0.3, 0.4) is 0 Å². The number of benzene rings is 1. The average molecular weight is 576 g/mol. The predicted molar refractivity (Wildman–Crippen MR) is 155 cm³/mol. The molecule has 1 aromatic carbocycles. The summed E-state index contributed by atoms with van der Waals surface area (Å²) in [4.78, 5) is 73.6. The van der Waals surface area contributed by atoms with Gasteiger partial charge in [0.15, 0.2) is 0 Å². The maximum atomic E-state index is 12.6. The number of likely N-dealkylation sites (N-methyl/N-ethyl adjacent to an activating group) is 1. The third-order valence-corrected chi connectivity index (χ3v) is 6.54. The van der Waals surface area contributed by atoms with E-state index in [4.69, 9.17) is 9.47 Å². The number of hydrogen-bond donors (Lipinski definition) is 1. The molecular formula is C30H45N3O8. The molecule has 0 heterocycles. The van der Waals surface area contributed by atoms with E-state index in [0.717, 1.165) is 24.8 Å². The molecule has 1 atom stereocenters. The van der Waals surface area contributed by atoms with E-state index >= 15 is 0 Å². The van der Waals surface area contributed by atoms with E-state index < -0.39 is 6.09 Å². The number of hydrogen-bond acceptors (Lipinski definition) is 8. The van der Waals surface area contributed by atoms with Gasteiger partial charge in [-0.3, -0.25) is 24.0 Å². The summed E-state index contributed by atoms with van der Waals surface area (Å²) >= 11 is 0. The van der Waals surface area contributed by atoms with Crippen LogP contribution in [0.1, 0.15) is 64.9 Å².